The van der Waals surface area contributed by atoms with Gasteiger partial charge < -0.3 is 4.74 Å². The van der Waals surface area contributed by atoms with Gasteiger partial charge in [0.05, 0.1) is 17.7 Å². The summed E-state index contributed by atoms with van der Waals surface area (Å²) < 4.78 is 29.3. The maximum absolute atomic E-state index is 12.2. The lowest BCUT2D eigenvalue weighted by molar-refractivity contribution is 0.413. The number of benzene rings is 1. The molecule has 1 aromatic heterocycles. The molecule has 0 unspecified atom stereocenters. The predicted molar refractivity (Wildman–Crippen MR) is 78.5 cm³/mol. The highest BCUT2D eigenvalue weighted by atomic mass is 35.5. The summed E-state index contributed by atoms with van der Waals surface area (Å²) in [4.78, 5) is 4.16. The quantitative estimate of drug-likeness (QED) is 0.814. The Hall–Kier alpha value is -1.85. The molecule has 4 nitrogen and oxygen atoms in total. The maximum atomic E-state index is 12.2. The molecule has 0 aliphatic rings. The number of methoxy groups -OCH3 is 1. The van der Waals surface area contributed by atoms with Crippen molar-refractivity contribution >= 4 is 27.5 Å². The van der Waals surface area contributed by atoms with Crippen LogP contribution in [0.4, 0.5) is 0 Å². The minimum absolute atomic E-state index is 0.162. The van der Waals surface area contributed by atoms with Gasteiger partial charge in [-0.15, -0.1) is 0 Å². The normalized spacial score (nSPS) is 11.7. The molecule has 2 aromatic rings. The molecular weight excluding hydrogens is 298 g/mol. The van der Waals surface area contributed by atoms with Crippen LogP contribution in [-0.2, 0) is 9.84 Å². The first kappa shape index (κ1) is 14.6. The van der Waals surface area contributed by atoms with Crippen LogP contribution >= 0.6 is 11.6 Å². The van der Waals surface area contributed by atoms with Gasteiger partial charge in [0.1, 0.15) is 10.9 Å². The van der Waals surface area contributed by atoms with Gasteiger partial charge in [-0.2, -0.15) is 0 Å². The largest absolute Gasteiger partial charge is 0.497 e. The van der Waals surface area contributed by atoms with Crippen molar-refractivity contribution in [2.24, 2.45) is 0 Å². The van der Waals surface area contributed by atoms with Crippen LogP contribution in [0.5, 0.6) is 5.75 Å². The lowest BCUT2D eigenvalue weighted by Gasteiger charge is -2.02. The summed E-state index contributed by atoms with van der Waals surface area (Å²) in [5.41, 5.74) is 0.476. The third kappa shape index (κ3) is 3.59. The third-order valence-electron chi connectivity index (χ3n) is 2.52. The van der Waals surface area contributed by atoms with E-state index in [1.807, 2.05) is 0 Å². The molecule has 1 heterocycles. The van der Waals surface area contributed by atoms with Crippen LogP contribution in [0, 0.1) is 0 Å². The van der Waals surface area contributed by atoms with Gasteiger partial charge in [-0.25, -0.2) is 13.4 Å². The zero-order valence-corrected chi connectivity index (χ0v) is 12.2. The van der Waals surface area contributed by atoms with Gasteiger partial charge in [0.25, 0.3) is 0 Å². The van der Waals surface area contributed by atoms with E-state index >= 15 is 0 Å². The average molecular weight is 310 g/mol. The minimum Gasteiger partial charge on any atom is -0.497 e. The number of rotatable bonds is 4. The SMILES string of the molecule is COc1cccc(S(=O)(=O)/C=C/c2cccc(Cl)n2)c1. The van der Waals surface area contributed by atoms with Crippen molar-refractivity contribution in [3.63, 3.8) is 0 Å². The summed E-state index contributed by atoms with van der Waals surface area (Å²) in [6, 6.07) is 11.3. The fourth-order valence-corrected chi connectivity index (χ4v) is 2.73. The van der Waals surface area contributed by atoms with Crippen LogP contribution < -0.4 is 4.74 Å². The van der Waals surface area contributed by atoms with E-state index in [4.69, 9.17) is 16.3 Å². The number of hydrogen-bond acceptors (Lipinski definition) is 4. The minimum atomic E-state index is -3.55. The lowest BCUT2D eigenvalue weighted by Crippen LogP contribution is -1.97. The lowest BCUT2D eigenvalue weighted by atomic mass is 10.3. The number of ether oxygens (including phenoxy) is 1. The van der Waals surface area contributed by atoms with Gasteiger partial charge in [0.15, 0.2) is 9.84 Å². The van der Waals surface area contributed by atoms with E-state index in [9.17, 15) is 8.42 Å². The summed E-state index contributed by atoms with van der Waals surface area (Å²) in [6.07, 6.45) is 1.40. The number of hydrogen-bond donors (Lipinski definition) is 0. The van der Waals surface area contributed by atoms with Crippen LogP contribution in [-0.4, -0.2) is 20.5 Å². The first-order chi connectivity index (χ1) is 9.51. The van der Waals surface area contributed by atoms with Crippen molar-refractivity contribution in [2.75, 3.05) is 7.11 Å². The Kier molecular flexibility index (Phi) is 4.42. The number of nitrogens with zero attached hydrogens (tertiary/aromatic N) is 1. The van der Waals surface area contributed by atoms with Crippen molar-refractivity contribution in [3.05, 3.63) is 58.7 Å². The summed E-state index contributed by atoms with van der Waals surface area (Å²) in [5, 5.41) is 1.41. The van der Waals surface area contributed by atoms with Gasteiger partial charge in [0.2, 0.25) is 0 Å². The monoisotopic (exact) mass is 309 g/mol. The summed E-state index contributed by atoms with van der Waals surface area (Å²) in [6.45, 7) is 0. The van der Waals surface area contributed by atoms with Crippen LogP contribution in [0.2, 0.25) is 5.15 Å². The molecule has 0 saturated carbocycles. The van der Waals surface area contributed by atoms with Crippen molar-refractivity contribution in [1.82, 2.24) is 4.98 Å². The molecule has 2 rings (SSSR count). The highest BCUT2D eigenvalue weighted by molar-refractivity contribution is 7.94. The zero-order valence-electron chi connectivity index (χ0n) is 10.7. The molecule has 0 saturated heterocycles. The molecular formula is C14H12ClNO3S. The van der Waals surface area contributed by atoms with E-state index in [0.717, 1.165) is 5.41 Å². The Bertz CT molecular complexity index is 742. The van der Waals surface area contributed by atoms with Crippen molar-refractivity contribution in [1.29, 1.82) is 0 Å². The van der Waals surface area contributed by atoms with Crippen molar-refractivity contribution < 1.29 is 13.2 Å². The van der Waals surface area contributed by atoms with Gasteiger partial charge in [-0.3, -0.25) is 0 Å². The standard InChI is InChI=1S/C14H12ClNO3S/c1-19-12-5-3-6-13(10-12)20(17,18)9-8-11-4-2-7-14(15)16-11/h2-10H,1H3/b9-8+. The van der Waals surface area contributed by atoms with E-state index in [-0.39, 0.29) is 4.90 Å². The van der Waals surface area contributed by atoms with Gasteiger partial charge in [-0.1, -0.05) is 23.7 Å². The van der Waals surface area contributed by atoms with Crippen molar-refractivity contribution in [2.45, 2.75) is 4.90 Å². The third-order valence-corrected chi connectivity index (χ3v) is 4.14. The van der Waals surface area contributed by atoms with Gasteiger partial charge in [-0.05, 0) is 36.4 Å². The molecule has 104 valence electrons. The van der Waals surface area contributed by atoms with E-state index < -0.39 is 9.84 Å². The molecule has 0 N–H and O–H groups in total. The predicted octanol–water partition coefficient (Wildman–Crippen LogP) is 3.19. The van der Waals surface area contributed by atoms with Gasteiger partial charge >= 0.3 is 0 Å². The zero-order chi connectivity index (χ0) is 14.6. The maximum Gasteiger partial charge on any atom is 0.200 e. The topological polar surface area (TPSA) is 56.3 Å². The molecule has 0 spiro atoms. The van der Waals surface area contributed by atoms with E-state index in [1.165, 1.54) is 25.3 Å². The summed E-state index contributed by atoms with van der Waals surface area (Å²) in [5.74, 6) is 0.486. The molecule has 0 atom stereocenters. The average Bonchev–Trinajstić information content (AvgIpc) is 2.45. The molecule has 0 radical (unpaired) electrons. The fourth-order valence-electron chi connectivity index (χ4n) is 1.53. The molecule has 0 bridgehead atoms. The second kappa shape index (κ2) is 6.07. The van der Waals surface area contributed by atoms with Crippen molar-refractivity contribution in [3.8, 4) is 5.75 Å². The molecule has 1 aromatic carbocycles. The number of halogens is 1. The number of aromatic nitrogens is 1. The molecule has 6 heteroatoms. The second-order valence-corrected chi connectivity index (χ2v) is 6.13. The summed E-state index contributed by atoms with van der Waals surface area (Å²) >= 11 is 5.74. The fraction of sp³-hybridized carbons (Fsp3) is 0.0714. The highest BCUT2D eigenvalue weighted by Crippen LogP contribution is 2.19. The Morgan fingerprint density at radius 3 is 2.65 bits per heavy atom. The molecule has 0 amide bonds. The Labute approximate surface area is 122 Å². The van der Waals surface area contributed by atoms with Crippen LogP contribution in [0.3, 0.4) is 0 Å². The van der Waals surface area contributed by atoms with Crippen LogP contribution in [0.15, 0.2) is 52.8 Å². The van der Waals surface area contributed by atoms with E-state index in [1.54, 1.807) is 30.3 Å². The molecule has 20 heavy (non-hydrogen) atoms. The Morgan fingerprint density at radius 1 is 1.20 bits per heavy atom. The number of sulfone groups is 1. The Morgan fingerprint density at radius 2 is 1.95 bits per heavy atom. The number of pyridine rings is 1. The van der Waals surface area contributed by atoms with Gasteiger partial charge in [0, 0.05) is 5.41 Å². The van der Waals surface area contributed by atoms with E-state index in [2.05, 4.69) is 4.98 Å². The smallest absolute Gasteiger partial charge is 0.200 e. The highest BCUT2D eigenvalue weighted by Gasteiger charge is 2.11. The first-order valence-electron chi connectivity index (χ1n) is 5.71. The van der Waals surface area contributed by atoms with Crippen LogP contribution in [0.25, 0.3) is 6.08 Å². The second-order valence-electron chi connectivity index (χ2n) is 3.91. The first-order valence-corrected chi connectivity index (χ1v) is 7.63. The Balaban J connectivity index is 2.31. The molecule has 0 fully saturated rings. The summed E-state index contributed by atoms with van der Waals surface area (Å²) in [7, 11) is -2.06. The molecule has 0 aliphatic carbocycles. The van der Waals surface area contributed by atoms with Crippen LogP contribution in [0.1, 0.15) is 5.69 Å². The van der Waals surface area contributed by atoms with E-state index in [0.29, 0.717) is 16.6 Å². The molecule has 0 aliphatic heterocycles.